The summed E-state index contributed by atoms with van der Waals surface area (Å²) in [5.74, 6) is -0.259. The van der Waals surface area contributed by atoms with Gasteiger partial charge in [0.05, 0.1) is 5.52 Å². The van der Waals surface area contributed by atoms with Gasteiger partial charge in [0.15, 0.2) is 11.6 Å². The van der Waals surface area contributed by atoms with Crippen molar-refractivity contribution in [2.75, 3.05) is 0 Å². The summed E-state index contributed by atoms with van der Waals surface area (Å²) >= 11 is 0. The molecule has 2 heterocycles. The summed E-state index contributed by atoms with van der Waals surface area (Å²) in [6, 6.07) is 11.1. The van der Waals surface area contributed by atoms with Crippen molar-refractivity contribution in [2.24, 2.45) is 0 Å². The number of hydrogen-bond donors (Lipinski definition) is 1. The molecule has 0 bridgehead atoms. The summed E-state index contributed by atoms with van der Waals surface area (Å²) < 4.78 is 0. The number of hydrogen-bond acceptors (Lipinski definition) is 4. The number of H-pyrrole nitrogens is 1. The molecule has 0 aliphatic carbocycles. The quantitative estimate of drug-likeness (QED) is 0.733. The van der Waals surface area contributed by atoms with Crippen LogP contribution in [0.1, 0.15) is 39.4 Å². The second-order valence-electron chi connectivity index (χ2n) is 5.13. The molecule has 0 aliphatic rings. The van der Waals surface area contributed by atoms with E-state index in [0.717, 1.165) is 16.5 Å². The first-order chi connectivity index (χ1) is 10.7. The van der Waals surface area contributed by atoms with Crippen LogP contribution in [0.2, 0.25) is 0 Å². The van der Waals surface area contributed by atoms with Gasteiger partial charge in [-0.15, -0.1) is 0 Å². The van der Waals surface area contributed by atoms with Gasteiger partial charge in [-0.2, -0.15) is 5.10 Å². The second kappa shape index (κ2) is 5.89. The van der Waals surface area contributed by atoms with Crippen LogP contribution in [0.25, 0.3) is 10.9 Å². The SMILES string of the molecule is Cc1cccnc1C(=O)CCC(=O)c1n[nH]c2ccccc12. The summed E-state index contributed by atoms with van der Waals surface area (Å²) in [4.78, 5) is 28.5. The highest BCUT2D eigenvalue weighted by atomic mass is 16.1. The van der Waals surface area contributed by atoms with Gasteiger partial charge in [0, 0.05) is 24.4 Å². The third kappa shape index (κ3) is 2.65. The number of ketones is 2. The molecule has 0 spiro atoms. The molecule has 0 unspecified atom stereocenters. The minimum Gasteiger partial charge on any atom is -0.292 e. The van der Waals surface area contributed by atoms with Crippen LogP contribution in [-0.4, -0.2) is 26.7 Å². The van der Waals surface area contributed by atoms with E-state index in [-0.39, 0.29) is 24.4 Å². The average molecular weight is 293 g/mol. The summed E-state index contributed by atoms with van der Waals surface area (Å²) in [6.07, 6.45) is 1.85. The number of Topliss-reactive ketones (excluding diaryl/α,β-unsaturated/α-hetero) is 2. The molecule has 0 fully saturated rings. The second-order valence-corrected chi connectivity index (χ2v) is 5.13. The molecule has 0 radical (unpaired) electrons. The monoisotopic (exact) mass is 293 g/mol. The molecule has 0 aliphatic heterocycles. The van der Waals surface area contributed by atoms with Crippen LogP contribution < -0.4 is 0 Å². The van der Waals surface area contributed by atoms with E-state index in [1.54, 1.807) is 12.3 Å². The fourth-order valence-electron chi connectivity index (χ4n) is 2.42. The van der Waals surface area contributed by atoms with E-state index in [9.17, 15) is 9.59 Å². The topological polar surface area (TPSA) is 75.7 Å². The molecule has 3 aromatic rings. The predicted molar refractivity (Wildman–Crippen MR) is 83.0 cm³/mol. The van der Waals surface area contributed by atoms with Crippen molar-refractivity contribution in [3.05, 3.63) is 59.5 Å². The van der Waals surface area contributed by atoms with E-state index in [4.69, 9.17) is 0 Å². The summed E-state index contributed by atoms with van der Waals surface area (Å²) in [6.45, 7) is 1.84. The molecular weight excluding hydrogens is 278 g/mol. The molecule has 110 valence electrons. The number of fused-ring (bicyclic) bond motifs is 1. The van der Waals surface area contributed by atoms with E-state index in [2.05, 4.69) is 15.2 Å². The zero-order valence-electron chi connectivity index (χ0n) is 12.2. The number of nitrogens with one attached hydrogen (secondary N) is 1. The Kier molecular flexibility index (Phi) is 3.78. The predicted octanol–water partition coefficient (Wildman–Crippen LogP) is 3.11. The van der Waals surface area contributed by atoms with E-state index in [1.165, 1.54) is 0 Å². The molecule has 0 atom stereocenters. The molecule has 1 N–H and O–H groups in total. The standard InChI is InChI=1S/C17H15N3O2/c1-11-5-4-10-18-16(11)14(21)8-9-15(22)17-12-6-2-3-7-13(12)19-20-17/h2-7,10H,8-9H2,1H3,(H,19,20). The molecule has 1 aromatic carbocycles. The van der Waals surface area contributed by atoms with Gasteiger partial charge < -0.3 is 0 Å². The van der Waals surface area contributed by atoms with Crippen LogP contribution in [-0.2, 0) is 0 Å². The lowest BCUT2D eigenvalue weighted by atomic mass is 10.0. The largest absolute Gasteiger partial charge is 0.292 e. The Morgan fingerprint density at radius 2 is 1.73 bits per heavy atom. The third-order valence-corrected chi connectivity index (χ3v) is 3.59. The van der Waals surface area contributed by atoms with E-state index in [0.29, 0.717) is 11.4 Å². The Morgan fingerprint density at radius 3 is 2.50 bits per heavy atom. The first-order valence-corrected chi connectivity index (χ1v) is 7.08. The minimum atomic E-state index is -0.139. The van der Waals surface area contributed by atoms with Gasteiger partial charge in [-0.25, -0.2) is 0 Å². The smallest absolute Gasteiger partial charge is 0.184 e. The van der Waals surface area contributed by atoms with Crippen molar-refractivity contribution in [1.82, 2.24) is 15.2 Å². The molecule has 5 heteroatoms. The number of para-hydroxylation sites is 1. The van der Waals surface area contributed by atoms with Crippen LogP contribution in [0.5, 0.6) is 0 Å². The number of nitrogens with zero attached hydrogens (tertiary/aromatic N) is 2. The highest BCUT2D eigenvalue weighted by Gasteiger charge is 2.17. The Hall–Kier alpha value is -2.82. The lowest BCUT2D eigenvalue weighted by Crippen LogP contribution is -2.08. The number of benzene rings is 1. The van der Waals surface area contributed by atoms with Crippen molar-refractivity contribution in [1.29, 1.82) is 0 Å². The first kappa shape index (κ1) is 14.1. The van der Waals surface area contributed by atoms with Crippen LogP contribution in [0, 0.1) is 6.92 Å². The maximum atomic E-state index is 12.3. The van der Waals surface area contributed by atoms with Gasteiger partial charge in [-0.1, -0.05) is 24.3 Å². The van der Waals surface area contributed by atoms with E-state index < -0.39 is 0 Å². The van der Waals surface area contributed by atoms with E-state index >= 15 is 0 Å². The van der Waals surface area contributed by atoms with Gasteiger partial charge in [0.25, 0.3) is 0 Å². The Balaban J connectivity index is 1.73. The number of pyridine rings is 1. The van der Waals surface area contributed by atoms with Crippen LogP contribution in [0.3, 0.4) is 0 Å². The molecule has 22 heavy (non-hydrogen) atoms. The normalized spacial score (nSPS) is 10.8. The van der Waals surface area contributed by atoms with E-state index in [1.807, 2.05) is 37.3 Å². The van der Waals surface area contributed by atoms with Gasteiger partial charge in [-0.3, -0.25) is 19.7 Å². The lowest BCUT2D eigenvalue weighted by molar-refractivity contribution is 0.0913. The molecular formula is C17H15N3O2. The molecule has 5 nitrogen and oxygen atoms in total. The lowest BCUT2D eigenvalue weighted by Gasteiger charge is -2.02. The highest BCUT2D eigenvalue weighted by Crippen LogP contribution is 2.18. The van der Waals surface area contributed by atoms with Gasteiger partial charge in [0.2, 0.25) is 0 Å². The average Bonchev–Trinajstić information content (AvgIpc) is 2.97. The number of aromatic amines is 1. The maximum absolute atomic E-state index is 12.3. The zero-order chi connectivity index (χ0) is 15.5. The molecule has 2 aromatic heterocycles. The summed E-state index contributed by atoms with van der Waals surface area (Å²) in [5, 5.41) is 7.68. The fourth-order valence-corrected chi connectivity index (χ4v) is 2.42. The molecule has 0 saturated heterocycles. The van der Waals surface area contributed by atoms with Crippen molar-refractivity contribution in [3.8, 4) is 0 Å². The fraction of sp³-hybridized carbons (Fsp3) is 0.176. The van der Waals surface area contributed by atoms with Crippen LogP contribution in [0.4, 0.5) is 0 Å². The number of rotatable bonds is 5. The van der Waals surface area contributed by atoms with Crippen molar-refractivity contribution >= 4 is 22.5 Å². The Bertz CT molecular complexity index is 852. The van der Waals surface area contributed by atoms with Gasteiger partial charge in [0.1, 0.15) is 11.4 Å². The highest BCUT2D eigenvalue weighted by molar-refractivity contribution is 6.07. The summed E-state index contributed by atoms with van der Waals surface area (Å²) in [5.41, 5.74) is 2.46. The maximum Gasteiger partial charge on any atom is 0.184 e. The molecule has 0 amide bonds. The van der Waals surface area contributed by atoms with Gasteiger partial charge >= 0.3 is 0 Å². The van der Waals surface area contributed by atoms with Crippen LogP contribution >= 0.6 is 0 Å². The van der Waals surface area contributed by atoms with Crippen molar-refractivity contribution < 1.29 is 9.59 Å². The first-order valence-electron chi connectivity index (χ1n) is 7.08. The van der Waals surface area contributed by atoms with Crippen LogP contribution in [0.15, 0.2) is 42.6 Å². The van der Waals surface area contributed by atoms with Crippen molar-refractivity contribution in [3.63, 3.8) is 0 Å². The minimum absolute atomic E-state index is 0.119. The summed E-state index contributed by atoms with van der Waals surface area (Å²) in [7, 11) is 0. The molecule has 0 saturated carbocycles. The number of aromatic nitrogens is 3. The number of aryl methyl sites for hydroxylation is 1. The Morgan fingerprint density at radius 1 is 1.00 bits per heavy atom. The number of carbonyl (C=O) groups excluding carboxylic acids is 2. The Labute approximate surface area is 127 Å². The zero-order valence-corrected chi connectivity index (χ0v) is 12.2. The number of carbonyl (C=O) groups is 2. The third-order valence-electron chi connectivity index (χ3n) is 3.59. The van der Waals surface area contributed by atoms with Gasteiger partial charge in [-0.05, 0) is 24.6 Å². The molecule has 3 rings (SSSR count). The van der Waals surface area contributed by atoms with Crippen molar-refractivity contribution in [2.45, 2.75) is 19.8 Å².